The standard InChI is InChI=1S/C45H25N3O3/c49-44-31-22-20-28(30-15-9-19-40-42(30)33-13-5-7-17-38(33)51-40)25-35(31)46-45-47-43(26-10-2-1-3-11-26)34-24-27(21-23-36(34)48(44)45)29-14-8-18-39-41(29)32-12-4-6-16-37(32)50-39/h1-25H. The first-order chi connectivity index (χ1) is 25.2. The molecule has 0 aliphatic carbocycles. The highest BCUT2D eigenvalue weighted by Gasteiger charge is 2.19. The number of nitrogens with zero attached hydrogens (tertiary/aromatic N) is 3. The predicted molar refractivity (Wildman–Crippen MR) is 205 cm³/mol. The van der Waals surface area contributed by atoms with Crippen molar-refractivity contribution in [1.82, 2.24) is 14.4 Å². The number of benzene rings is 7. The molecule has 6 heteroatoms. The van der Waals surface area contributed by atoms with Crippen LogP contribution in [0.3, 0.4) is 0 Å². The Balaban J connectivity index is 1.17. The topological polar surface area (TPSA) is 73.5 Å². The van der Waals surface area contributed by atoms with Crippen LogP contribution in [0.2, 0.25) is 0 Å². The van der Waals surface area contributed by atoms with Gasteiger partial charge in [-0.25, -0.2) is 14.4 Å². The molecule has 0 radical (unpaired) electrons. The van der Waals surface area contributed by atoms with Crippen LogP contribution >= 0.6 is 0 Å². The van der Waals surface area contributed by atoms with E-state index in [2.05, 4.69) is 36.4 Å². The fourth-order valence-electron chi connectivity index (χ4n) is 7.73. The van der Waals surface area contributed by atoms with Crippen LogP contribution in [0.25, 0.3) is 105 Å². The largest absolute Gasteiger partial charge is 0.456 e. The van der Waals surface area contributed by atoms with Crippen molar-refractivity contribution in [2.75, 3.05) is 0 Å². The minimum atomic E-state index is -0.165. The molecule has 0 N–H and O–H groups in total. The van der Waals surface area contributed by atoms with Gasteiger partial charge in [0.05, 0.1) is 22.1 Å². The first kappa shape index (κ1) is 27.9. The summed E-state index contributed by atoms with van der Waals surface area (Å²) in [5.41, 5.74) is 10.2. The predicted octanol–water partition coefficient (Wildman–Crippen LogP) is 11.2. The summed E-state index contributed by atoms with van der Waals surface area (Å²) in [6.07, 6.45) is 0. The van der Waals surface area contributed by atoms with Gasteiger partial charge in [0.2, 0.25) is 5.78 Å². The molecule has 0 aliphatic rings. The van der Waals surface area contributed by atoms with E-state index in [1.165, 1.54) is 0 Å². The van der Waals surface area contributed by atoms with Gasteiger partial charge in [-0.1, -0.05) is 103 Å². The molecule has 0 saturated heterocycles. The van der Waals surface area contributed by atoms with Gasteiger partial charge >= 0.3 is 0 Å². The molecule has 238 valence electrons. The van der Waals surface area contributed by atoms with Crippen molar-refractivity contribution in [3.63, 3.8) is 0 Å². The molecule has 0 spiro atoms. The smallest absolute Gasteiger partial charge is 0.267 e. The Kier molecular flexibility index (Phi) is 5.72. The Labute approximate surface area is 289 Å². The first-order valence-corrected chi connectivity index (χ1v) is 16.9. The molecule has 7 aromatic carbocycles. The van der Waals surface area contributed by atoms with Crippen LogP contribution in [0, 0.1) is 0 Å². The maximum Gasteiger partial charge on any atom is 0.267 e. The summed E-state index contributed by atoms with van der Waals surface area (Å²) in [7, 11) is 0. The van der Waals surface area contributed by atoms with E-state index in [4.69, 9.17) is 18.8 Å². The molecule has 0 unspecified atom stereocenters. The molecule has 0 amide bonds. The van der Waals surface area contributed by atoms with Crippen LogP contribution in [0.5, 0.6) is 0 Å². The molecule has 0 bridgehead atoms. The lowest BCUT2D eigenvalue weighted by molar-refractivity contribution is 0.668. The summed E-state index contributed by atoms with van der Waals surface area (Å²) < 4.78 is 14.0. The van der Waals surface area contributed by atoms with Gasteiger partial charge in [0.25, 0.3) is 5.56 Å². The van der Waals surface area contributed by atoms with Crippen molar-refractivity contribution >= 4 is 71.5 Å². The van der Waals surface area contributed by atoms with Crippen molar-refractivity contribution in [3.8, 4) is 33.5 Å². The molecule has 0 fully saturated rings. The van der Waals surface area contributed by atoms with E-state index in [-0.39, 0.29) is 5.56 Å². The third-order valence-electron chi connectivity index (χ3n) is 10.0. The maximum atomic E-state index is 14.4. The second kappa shape index (κ2) is 10.5. The number of hydrogen-bond donors (Lipinski definition) is 0. The van der Waals surface area contributed by atoms with Gasteiger partial charge in [-0.2, -0.15) is 0 Å². The number of hydrogen-bond acceptors (Lipinski definition) is 5. The lowest BCUT2D eigenvalue weighted by atomic mass is 9.96. The van der Waals surface area contributed by atoms with E-state index < -0.39 is 0 Å². The molecule has 0 saturated carbocycles. The third-order valence-corrected chi connectivity index (χ3v) is 10.0. The van der Waals surface area contributed by atoms with Gasteiger partial charge < -0.3 is 8.83 Å². The van der Waals surface area contributed by atoms with Gasteiger partial charge in [-0.05, 0) is 70.8 Å². The summed E-state index contributed by atoms with van der Waals surface area (Å²) in [4.78, 5) is 24.6. The molecule has 51 heavy (non-hydrogen) atoms. The third kappa shape index (κ3) is 4.07. The summed E-state index contributed by atoms with van der Waals surface area (Å²) in [5.74, 6) is 0.346. The van der Waals surface area contributed by atoms with Crippen LogP contribution in [-0.2, 0) is 0 Å². The van der Waals surface area contributed by atoms with E-state index in [1.807, 2.05) is 115 Å². The SMILES string of the molecule is O=c1c2ccc(-c3cccc4oc5ccccc5c34)cc2nc2nc(-c3ccccc3)c3cc(-c4cccc5oc6ccccc6c45)ccc3n12. The van der Waals surface area contributed by atoms with Gasteiger partial charge in [-0.15, -0.1) is 0 Å². The van der Waals surface area contributed by atoms with Gasteiger partial charge in [0, 0.05) is 32.5 Å². The number of rotatable bonds is 3. The Morgan fingerprint density at radius 3 is 1.73 bits per heavy atom. The van der Waals surface area contributed by atoms with E-state index >= 15 is 0 Å². The van der Waals surface area contributed by atoms with Crippen molar-refractivity contribution in [2.24, 2.45) is 0 Å². The van der Waals surface area contributed by atoms with Crippen molar-refractivity contribution in [2.45, 2.75) is 0 Å². The molecule has 6 nitrogen and oxygen atoms in total. The Hall–Kier alpha value is -7.05. The molecule has 0 atom stereocenters. The minimum Gasteiger partial charge on any atom is -0.456 e. The molecule has 4 aromatic heterocycles. The molecule has 11 aromatic rings. The van der Waals surface area contributed by atoms with E-state index in [1.54, 1.807) is 4.40 Å². The molecular weight excluding hydrogens is 631 g/mol. The number of fused-ring (bicyclic) bond motifs is 10. The number of aromatic nitrogens is 3. The summed E-state index contributed by atoms with van der Waals surface area (Å²) in [6, 6.07) is 50.5. The zero-order valence-electron chi connectivity index (χ0n) is 27.0. The van der Waals surface area contributed by atoms with Crippen LogP contribution in [-0.4, -0.2) is 14.4 Å². The van der Waals surface area contributed by atoms with Gasteiger partial charge in [0.15, 0.2) is 0 Å². The van der Waals surface area contributed by atoms with Crippen LogP contribution in [0.15, 0.2) is 165 Å². The first-order valence-electron chi connectivity index (χ1n) is 16.9. The fraction of sp³-hybridized carbons (Fsp3) is 0. The van der Waals surface area contributed by atoms with E-state index in [9.17, 15) is 4.79 Å². The summed E-state index contributed by atoms with van der Waals surface area (Å²) in [5, 5.41) is 5.58. The number of furan rings is 2. The van der Waals surface area contributed by atoms with Crippen molar-refractivity contribution < 1.29 is 8.83 Å². The average Bonchev–Trinajstić information content (AvgIpc) is 3.76. The minimum absolute atomic E-state index is 0.165. The maximum absolute atomic E-state index is 14.4. The van der Waals surface area contributed by atoms with Gasteiger partial charge in [0.1, 0.15) is 22.3 Å². The Morgan fingerprint density at radius 1 is 0.451 bits per heavy atom. The lowest BCUT2D eigenvalue weighted by Crippen LogP contribution is -2.17. The molecule has 11 rings (SSSR count). The van der Waals surface area contributed by atoms with Crippen LogP contribution < -0.4 is 5.56 Å². The summed E-state index contributed by atoms with van der Waals surface area (Å²) in [6.45, 7) is 0. The van der Waals surface area contributed by atoms with Crippen LogP contribution in [0.4, 0.5) is 0 Å². The molecular formula is C45H25N3O3. The highest BCUT2D eigenvalue weighted by molar-refractivity contribution is 6.14. The summed E-state index contributed by atoms with van der Waals surface area (Å²) >= 11 is 0. The van der Waals surface area contributed by atoms with Gasteiger partial charge in [-0.3, -0.25) is 4.79 Å². The second-order valence-corrected chi connectivity index (χ2v) is 12.9. The highest BCUT2D eigenvalue weighted by Crippen LogP contribution is 2.40. The molecule has 4 heterocycles. The monoisotopic (exact) mass is 655 g/mol. The van der Waals surface area contributed by atoms with E-state index in [0.717, 1.165) is 88.3 Å². The molecule has 0 aliphatic heterocycles. The van der Waals surface area contributed by atoms with Crippen molar-refractivity contribution in [3.05, 3.63) is 162 Å². The zero-order valence-corrected chi connectivity index (χ0v) is 27.0. The van der Waals surface area contributed by atoms with Crippen LogP contribution in [0.1, 0.15) is 0 Å². The highest BCUT2D eigenvalue weighted by atomic mass is 16.3. The normalized spacial score (nSPS) is 12.0. The van der Waals surface area contributed by atoms with E-state index in [0.29, 0.717) is 16.7 Å². The lowest BCUT2D eigenvalue weighted by Gasteiger charge is -2.14. The number of para-hydroxylation sites is 2. The fourth-order valence-corrected chi connectivity index (χ4v) is 7.73. The Bertz CT molecular complexity index is 3280. The van der Waals surface area contributed by atoms with Crippen molar-refractivity contribution in [1.29, 1.82) is 0 Å². The quantitative estimate of drug-likeness (QED) is 0.140. The zero-order chi connectivity index (χ0) is 33.6. The second-order valence-electron chi connectivity index (χ2n) is 12.9. The average molecular weight is 656 g/mol. The Morgan fingerprint density at radius 2 is 1.04 bits per heavy atom.